The van der Waals surface area contributed by atoms with Gasteiger partial charge in [0.1, 0.15) is 6.04 Å². The van der Waals surface area contributed by atoms with E-state index in [-0.39, 0.29) is 34.6 Å². The second-order valence-electron chi connectivity index (χ2n) is 7.65. The molecule has 2 amide bonds. The number of carbonyl (C=O) groups excluding carboxylic acids is 2. The number of hydrazine groups is 1. The molecule has 27 heavy (non-hydrogen) atoms. The van der Waals surface area contributed by atoms with E-state index in [2.05, 4.69) is 50.8 Å². The molecule has 0 aromatic heterocycles. The van der Waals surface area contributed by atoms with Crippen molar-refractivity contribution in [3.05, 3.63) is 24.3 Å². The predicted octanol–water partition coefficient (Wildman–Crippen LogP) is 1.59. The topological polar surface area (TPSA) is 99.5 Å². The molecule has 0 aliphatic carbocycles. The second kappa shape index (κ2) is 8.58. The van der Waals surface area contributed by atoms with Gasteiger partial charge in [0.2, 0.25) is 11.8 Å². The van der Waals surface area contributed by atoms with Crippen LogP contribution in [0, 0.1) is 11.8 Å². The summed E-state index contributed by atoms with van der Waals surface area (Å²) in [5.74, 6) is 0.0449. The summed E-state index contributed by atoms with van der Waals surface area (Å²) < 4.78 is 0. The standard InChI is InChI=1S/C19H28BrN5O2/c1-11(2)16-15(20)17(24-23-16)19(27)22-13-5-3-4-6-14(13)25-9-7-12(8-10-25)18(21)26/h3-6,11-12,15-17,23-24H,7-10H2,1-2H3,(H2,21,26)(H,22,27). The lowest BCUT2D eigenvalue weighted by Gasteiger charge is -2.33. The predicted molar refractivity (Wildman–Crippen MR) is 111 cm³/mol. The highest BCUT2D eigenvalue weighted by Gasteiger charge is 2.40. The van der Waals surface area contributed by atoms with Crippen molar-refractivity contribution in [2.45, 2.75) is 43.6 Å². The van der Waals surface area contributed by atoms with Crippen molar-refractivity contribution in [2.24, 2.45) is 17.6 Å². The fourth-order valence-corrected chi connectivity index (χ4v) is 4.88. The SMILES string of the molecule is CC(C)C1NNC(C(=O)Nc2ccccc2N2CCC(C(N)=O)CC2)C1Br. The number of rotatable bonds is 5. The zero-order chi connectivity index (χ0) is 19.6. The smallest absolute Gasteiger partial charge is 0.244 e. The number of amides is 2. The molecule has 3 atom stereocenters. The third-order valence-corrected chi connectivity index (χ3v) is 6.57. The van der Waals surface area contributed by atoms with Gasteiger partial charge in [-0.15, -0.1) is 0 Å². The average Bonchev–Trinajstić information content (AvgIpc) is 3.04. The Morgan fingerprint density at radius 1 is 1.22 bits per heavy atom. The first-order chi connectivity index (χ1) is 12.9. The van der Waals surface area contributed by atoms with Crippen molar-refractivity contribution in [1.82, 2.24) is 10.9 Å². The molecule has 0 saturated carbocycles. The van der Waals surface area contributed by atoms with Gasteiger partial charge in [0.25, 0.3) is 0 Å². The number of nitrogens with one attached hydrogen (secondary N) is 3. The molecule has 0 radical (unpaired) electrons. The molecule has 5 N–H and O–H groups in total. The lowest BCUT2D eigenvalue weighted by Crippen LogP contribution is -2.43. The normalized spacial score (nSPS) is 26.4. The number of anilines is 2. The van der Waals surface area contributed by atoms with Crippen LogP contribution in [0.1, 0.15) is 26.7 Å². The van der Waals surface area contributed by atoms with Crippen LogP contribution in [0.4, 0.5) is 11.4 Å². The number of para-hydroxylation sites is 2. The highest BCUT2D eigenvalue weighted by molar-refractivity contribution is 9.09. The zero-order valence-corrected chi connectivity index (χ0v) is 17.3. The number of piperidine rings is 1. The number of alkyl halides is 1. The van der Waals surface area contributed by atoms with E-state index in [0.29, 0.717) is 5.92 Å². The molecule has 2 fully saturated rings. The molecule has 148 valence electrons. The Labute approximate surface area is 168 Å². The van der Waals surface area contributed by atoms with E-state index in [1.807, 2.05) is 24.3 Å². The molecule has 1 aromatic rings. The summed E-state index contributed by atoms with van der Waals surface area (Å²) in [4.78, 5) is 26.5. The number of carbonyl (C=O) groups is 2. The van der Waals surface area contributed by atoms with E-state index in [0.717, 1.165) is 37.3 Å². The summed E-state index contributed by atoms with van der Waals surface area (Å²) in [5, 5.41) is 3.07. The van der Waals surface area contributed by atoms with Crippen LogP contribution in [0.3, 0.4) is 0 Å². The Morgan fingerprint density at radius 2 is 1.89 bits per heavy atom. The molecular formula is C19H28BrN5O2. The quantitative estimate of drug-likeness (QED) is 0.524. The Balaban J connectivity index is 1.68. The third-order valence-electron chi connectivity index (χ3n) is 5.47. The van der Waals surface area contributed by atoms with Crippen molar-refractivity contribution in [3.8, 4) is 0 Å². The average molecular weight is 438 g/mol. The van der Waals surface area contributed by atoms with Gasteiger partial charge in [-0.05, 0) is 30.9 Å². The molecule has 3 rings (SSSR count). The highest BCUT2D eigenvalue weighted by atomic mass is 79.9. The van der Waals surface area contributed by atoms with Crippen LogP contribution in [0.15, 0.2) is 24.3 Å². The van der Waals surface area contributed by atoms with Gasteiger partial charge in [-0.2, -0.15) is 0 Å². The van der Waals surface area contributed by atoms with Gasteiger partial charge in [0.15, 0.2) is 0 Å². The number of nitrogens with two attached hydrogens (primary N) is 1. The first kappa shape index (κ1) is 20.1. The highest BCUT2D eigenvalue weighted by Crippen LogP contribution is 2.30. The summed E-state index contributed by atoms with van der Waals surface area (Å²) in [7, 11) is 0. The molecule has 1 aromatic carbocycles. The minimum atomic E-state index is -0.356. The fourth-order valence-electron chi connectivity index (χ4n) is 3.77. The zero-order valence-electron chi connectivity index (χ0n) is 15.7. The summed E-state index contributed by atoms with van der Waals surface area (Å²) >= 11 is 3.66. The summed E-state index contributed by atoms with van der Waals surface area (Å²) in [6, 6.07) is 7.62. The van der Waals surface area contributed by atoms with E-state index in [4.69, 9.17) is 5.73 Å². The van der Waals surface area contributed by atoms with Crippen molar-refractivity contribution in [1.29, 1.82) is 0 Å². The molecule has 2 aliphatic rings. The van der Waals surface area contributed by atoms with E-state index < -0.39 is 0 Å². The Bertz CT molecular complexity index is 690. The van der Waals surface area contributed by atoms with Gasteiger partial charge in [-0.3, -0.25) is 15.0 Å². The number of primary amides is 1. The van der Waals surface area contributed by atoms with Crippen LogP contribution in [0.2, 0.25) is 0 Å². The van der Waals surface area contributed by atoms with Gasteiger partial charge in [-0.1, -0.05) is 41.9 Å². The van der Waals surface area contributed by atoms with E-state index in [1.54, 1.807) is 0 Å². The molecule has 2 heterocycles. The molecule has 7 nitrogen and oxygen atoms in total. The van der Waals surface area contributed by atoms with Gasteiger partial charge in [0, 0.05) is 25.0 Å². The first-order valence-electron chi connectivity index (χ1n) is 9.47. The fraction of sp³-hybridized carbons (Fsp3) is 0.579. The maximum atomic E-state index is 12.8. The van der Waals surface area contributed by atoms with E-state index >= 15 is 0 Å². The molecule has 2 aliphatic heterocycles. The van der Waals surface area contributed by atoms with E-state index in [9.17, 15) is 9.59 Å². The van der Waals surface area contributed by atoms with Gasteiger partial charge in [-0.25, -0.2) is 5.43 Å². The number of hydrogen-bond acceptors (Lipinski definition) is 5. The van der Waals surface area contributed by atoms with Crippen molar-refractivity contribution in [2.75, 3.05) is 23.3 Å². The largest absolute Gasteiger partial charge is 0.370 e. The molecule has 3 unspecified atom stereocenters. The van der Waals surface area contributed by atoms with Crippen LogP contribution in [-0.2, 0) is 9.59 Å². The molecule has 8 heteroatoms. The number of hydrogen-bond donors (Lipinski definition) is 4. The Kier molecular flexibility index (Phi) is 6.39. The van der Waals surface area contributed by atoms with Crippen LogP contribution in [-0.4, -0.2) is 41.8 Å². The van der Waals surface area contributed by atoms with Crippen molar-refractivity contribution < 1.29 is 9.59 Å². The maximum absolute atomic E-state index is 12.8. The third kappa shape index (κ3) is 4.44. The van der Waals surface area contributed by atoms with Gasteiger partial charge >= 0.3 is 0 Å². The molecule has 2 saturated heterocycles. The number of benzene rings is 1. The lowest BCUT2D eigenvalue weighted by molar-refractivity contribution is -0.122. The first-order valence-corrected chi connectivity index (χ1v) is 10.4. The van der Waals surface area contributed by atoms with Crippen LogP contribution in [0.5, 0.6) is 0 Å². The second-order valence-corrected chi connectivity index (χ2v) is 8.71. The minimum absolute atomic E-state index is 0.0102. The summed E-state index contributed by atoms with van der Waals surface area (Å²) in [6.07, 6.45) is 1.48. The summed E-state index contributed by atoms with van der Waals surface area (Å²) in [6.45, 7) is 5.75. The van der Waals surface area contributed by atoms with Crippen molar-refractivity contribution in [3.63, 3.8) is 0 Å². The molecule has 0 bridgehead atoms. The van der Waals surface area contributed by atoms with Gasteiger partial charge in [0.05, 0.1) is 16.2 Å². The molecule has 0 spiro atoms. The number of nitrogens with zero attached hydrogens (tertiary/aromatic N) is 1. The molecular weight excluding hydrogens is 410 g/mol. The number of halogens is 1. The monoisotopic (exact) mass is 437 g/mol. The van der Waals surface area contributed by atoms with Crippen molar-refractivity contribution >= 4 is 39.1 Å². The van der Waals surface area contributed by atoms with Gasteiger partial charge < -0.3 is 16.0 Å². The van der Waals surface area contributed by atoms with Crippen LogP contribution in [0.25, 0.3) is 0 Å². The lowest BCUT2D eigenvalue weighted by atomic mass is 9.95. The van der Waals surface area contributed by atoms with E-state index in [1.165, 1.54) is 0 Å². The Morgan fingerprint density at radius 3 is 2.48 bits per heavy atom. The minimum Gasteiger partial charge on any atom is -0.370 e. The van der Waals surface area contributed by atoms with Crippen LogP contribution >= 0.6 is 15.9 Å². The summed E-state index contributed by atoms with van der Waals surface area (Å²) in [5.41, 5.74) is 13.5. The maximum Gasteiger partial charge on any atom is 0.244 e. The van der Waals surface area contributed by atoms with Crippen LogP contribution < -0.4 is 26.8 Å². The Hall–Kier alpha value is -1.64.